The largest absolute Gasteiger partial charge is 0.505 e. The van der Waals surface area contributed by atoms with Crippen molar-refractivity contribution in [3.05, 3.63) is 60.0 Å². The van der Waals surface area contributed by atoms with Crippen LogP contribution in [0.25, 0.3) is 5.69 Å². The minimum absolute atomic E-state index is 0.114. The molecule has 0 bridgehead atoms. The summed E-state index contributed by atoms with van der Waals surface area (Å²) in [6.07, 6.45) is -2.25. The number of alkyl halides is 3. The van der Waals surface area contributed by atoms with Gasteiger partial charge in [-0.15, -0.1) is 13.2 Å². The first-order valence-electron chi connectivity index (χ1n) is 9.17. The highest BCUT2D eigenvalue weighted by atomic mass is 19.4. The molecule has 1 unspecified atom stereocenters. The highest BCUT2D eigenvalue weighted by molar-refractivity contribution is 6.03. The van der Waals surface area contributed by atoms with Gasteiger partial charge in [-0.1, -0.05) is 18.2 Å². The lowest BCUT2D eigenvalue weighted by Crippen LogP contribution is -2.53. The highest BCUT2D eigenvalue weighted by Gasteiger charge is 2.39. The number of nitrogens with zero attached hydrogens (tertiary/aromatic N) is 5. The molecule has 0 saturated carbocycles. The summed E-state index contributed by atoms with van der Waals surface area (Å²) in [5, 5.41) is 9.91. The van der Waals surface area contributed by atoms with E-state index in [1.54, 1.807) is 17.8 Å². The van der Waals surface area contributed by atoms with Crippen LogP contribution in [-0.2, 0) is 17.5 Å². The van der Waals surface area contributed by atoms with Gasteiger partial charge in [-0.2, -0.15) is 14.9 Å². The molecular formula is C19H17F3N6O2. The first-order chi connectivity index (χ1) is 14.3. The van der Waals surface area contributed by atoms with Gasteiger partial charge in [0, 0.05) is 18.5 Å². The average molecular weight is 418 g/mol. The van der Waals surface area contributed by atoms with Crippen molar-refractivity contribution in [3.63, 3.8) is 0 Å². The topological polar surface area (TPSA) is 85.1 Å². The quantitative estimate of drug-likeness (QED) is 0.704. The second-order valence-electron chi connectivity index (χ2n) is 6.65. The normalized spacial score (nSPS) is 16.5. The molecule has 0 saturated heterocycles. The van der Waals surface area contributed by atoms with Crippen molar-refractivity contribution in [1.82, 2.24) is 24.9 Å². The molecule has 2 aromatic heterocycles. The van der Waals surface area contributed by atoms with Crippen LogP contribution in [0, 0.1) is 0 Å². The number of carbonyl (C=O) groups excluding carboxylic acids is 2. The summed E-state index contributed by atoms with van der Waals surface area (Å²) >= 11 is 0. The zero-order chi connectivity index (χ0) is 21.5. The SMILES string of the molecule is CCN1C(=O)C(NC(=O)c2ccnn2C(F)(F)F)Cc2cnn(-c3ccccc3)c21. The molecule has 1 aliphatic rings. The maximum absolute atomic E-state index is 13.0. The zero-order valence-electron chi connectivity index (χ0n) is 15.8. The van der Waals surface area contributed by atoms with Gasteiger partial charge in [-0.05, 0) is 25.1 Å². The number of halogens is 3. The van der Waals surface area contributed by atoms with Gasteiger partial charge < -0.3 is 5.32 Å². The van der Waals surface area contributed by atoms with Gasteiger partial charge in [0.2, 0.25) is 0 Å². The van der Waals surface area contributed by atoms with Crippen LogP contribution in [0.2, 0.25) is 0 Å². The minimum Gasteiger partial charge on any atom is -0.339 e. The average Bonchev–Trinajstić information content (AvgIpc) is 3.36. The fraction of sp³-hybridized carbons (Fsp3) is 0.263. The van der Waals surface area contributed by atoms with E-state index >= 15 is 0 Å². The standard InChI is InChI=1S/C19H17F3N6O2/c1-2-26-17-12(11-24-27(17)13-6-4-3-5-7-13)10-14(18(26)30)25-16(29)15-8-9-23-28(15)19(20,21)22/h3-9,11,14H,2,10H2,1H3,(H,25,29). The van der Waals surface area contributed by atoms with Crippen LogP contribution in [0.4, 0.5) is 19.0 Å². The van der Waals surface area contributed by atoms with Crippen LogP contribution in [0.3, 0.4) is 0 Å². The van der Waals surface area contributed by atoms with Gasteiger partial charge in [-0.25, -0.2) is 4.68 Å². The molecule has 0 aliphatic carbocycles. The van der Waals surface area contributed by atoms with Crippen molar-refractivity contribution in [2.45, 2.75) is 25.7 Å². The van der Waals surface area contributed by atoms with Crippen LogP contribution in [0.5, 0.6) is 0 Å². The van der Waals surface area contributed by atoms with Crippen molar-refractivity contribution in [2.24, 2.45) is 0 Å². The lowest BCUT2D eigenvalue weighted by molar-refractivity contribution is -0.213. The summed E-state index contributed by atoms with van der Waals surface area (Å²) in [7, 11) is 0. The van der Waals surface area contributed by atoms with Gasteiger partial charge in [0.05, 0.1) is 18.1 Å². The molecule has 3 heterocycles. The van der Waals surface area contributed by atoms with E-state index < -0.39 is 29.9 Å². The second-order valence-corrected chi connectivity index (χ2v) is 6.65. The number of nitrogens with one attached hydrogen (secondary N) is 1. The third kappa shape index (κ3) is 3.31. The van der Waals surface area contributed by atoms with Crippen LogP contribution in [0.1, 0.15) is 23.0 Å². The Bertz CT molecular complexity index is 1090. The predicted octanol–water partition coefficient (Wildman–Crippen LogP) is 2.25. The molecule has 1 N–H and O–H groups in total. The fourth-order valence-electron chi connectivity index (χ4n) is 3.49. The Kier molecular flexibility index (Phi) is 4.80. The molecule has 11 heteroatoms. The number of hydrogen-bond donors (Lipinski definition) is 1. The van der Waals surface area contributed by atoms with E-state index in [0.717, 1.165) is 18.0 Å². The number of anilines is 1. The zero-order valence-corrected chi connectivity index (χ0v) is 15.8. The number of fused-ring (bicyclic) bond motifs is 1. The molecule has 1 atom stereocenters. The summed E-state index contributed by atoms with van der Waals surface area (Å²) in [5.41, 5.74) is 0.778. The molecule has 2 amide bonds. The third-order valence-corrected chi connectivity index (χ3v) is 4.80. The van der Waals surface area contributed by atoms with E-state index in [2.05, 4.69) is 15.5 Å². The molecule has 0 radical (unpaired) electrons. The van der Waals surface area contributed by atoms with E-state index in [0.29, 0.717) is 17.9 Å². The molecule has 3 aromatic rings. The Morgan fingerprint density at radius 2 is 1.93 bits per heavy atom. The highest BCUT2D eigenvalue weighted by Crippen LogP contribution is 2.30. The van der Waals surface area contributed by atoms with Gasteiger partial charge in [0.15, 0.2) is 0 Å². The Morgan fingerprint density at radius 1 is 1.20 bits per heavy atom. The number of aromatic nitrogens is 4. The Balaban J connectivity index is 1.63. The molecule has 0 spiro atoms. The lowest BCUT2D eigenvalue weighted by atomic mass is 10.0. The van der Waals surface area contributed by atoms with Crippen molar-refractivity contribution in [2.75, 3.05) is 11.4 Å². The van der Waals surface area contributed by atoms with Crippen molar-refractivity contribution >= 4 is 17.6 Å². The molecular weight excluding hydrogens is 401 g/mol. The number of para-hydroxylation sites is 1. The Morgan fingerprint density at radius 3 is 2.60 bits per heavy atom. The number of hydrogen-bond acceptors (Lipinski definition) is 4. The van der Waals surface area contributed by atoms with Crippen molar-refractivity contribution < 1.29 is 22.8 Å². The van der Waals surface area contributed by atoms with Gasteiger partial charge in [-0.3, -0.25) is 14.5 Å². The lowest BCUT2D eigenvalue weighted by Gasteiger charge is -2.32. The molecule has 4 rings (SSSR count). The minimum atomic E-state index is -4.84. The smallest absolute Gasteiger partial charge is 0.339 e. The van der Waals surface area contributed by atoms with Crippen LogP contribution in [-0.4, -0.2) is 44.0 Å². The molecule has 30 heavy (non-hydrogen) atoms. The van der Waals surface area contributed by atoms with E-state index in [9.17, 15) is 22.8 Å². The summed E-state index contributed by atoms with van der Waals surface area (Å²) in [6.45, 7) is 2.07. The third-order valence-electron chi connectivity index (χ3n) is 4.80. The predicted molar refractivity (Wildman–Crippen MR) is 100 cm³/mol. The number of rotatable bonds is 4. The molecule has 1 aliphatic heterocycles. The van der Waals surface area contributed by atoms with Crippen molar-refractivity contribution in [3.8, 4) is 5.69 Å². The first kappa shape index (κ1) is 19.7. The summed E-state index contributed by atoms with van der Waals surface area (Å²) in [5.74, 6) is -0.869. The number of likely N-dealkylation sites (N-methyl/N-ethyl adjacent to an activating group) is 1. The van der Waals surface area contributed by atoms with E-state index in [-0.39, 0.29) is 11.1 Å². The second kappa shape index (κ2) is 7.32. The van der Waals surface area contributed by atoms with E-state index in [1.165, 1.54) is 4.90 Å². The maximum atomic E-state index is 13.0. The summed E-state index contributed by atoms with van der Waals surface area (Å²) < 4.78 is 40.3. The molecule has 156 valence electrons. The first-order valence-corrected chi connectivity index (χ1v) is 9.17. The number of benzene rings is 1. The van der Waals surface area contributed by atoms with Crippen LogP contribution in [0.15, 0.2) is 48.8 Å². The van der Waals surface area contributed by atoms with Crippen molar-refractivity contribution in [1.29, 1.82) is 0 Å². The van der Waals surface area contributed by atoms with Crippen LogP contribution < -0.4 is 10.2 Å². The summed E-state index contributed by atoms with van der Waals surface area (Å²) in [6, 6.07) is 9.17. The van der Waals surface area contributed by atoms with Gasteiger partial charge >= 0.3 is 6.30 Å². The van der Waals surface area contributed by atoms with E-state index in [4.69, 9.17) is 0 Å². The number of carbonyl (C=O) groups is 2. The Hall–Kier alpha value is -3.63. The number of amides is 2. The Labute approximate surface area is 168 Å². The van der Waals surface area contributed by atoms with Gasteiger partial charge in [0.1, 0.15) is 17.6 Å². The molecule has 1 aromatic carbocycles. The summed E-state index contributed by atoms with van der Waals surface area (Å²) in [4.78, 5) is 26.9. The molecule has 8 nitrogen and oxygen atoms in total. The van der Waals surface area contributed by atoms with E-state index in [1.807, 2.05) is 30.3 Å². The monoisotopic (exact) mass is 418 g/mol. The van der Waals surface area contributed by atoms with Crippen LogP contribution >= 0.6 is 0 Å². The van der Waals surface area contributed by atoms with Gasteiger partial charge in [0.25, 0.3) is 11.8 Å². The molecule has 0 fully saturated rings. The fourth-order valence-corrected chi connectivity index (χ4v) is 3.49. The maximum Gasteiger partial charge on any atom is 0.505 e.